The standard InChI is InChI=1S/C21H25BO2.C15H13Br.C9H19BO3/c1-19(2)17-10-8-7-9-15(17)16-12-11-14(13-18(16)19)22-23-20(3,4)21(5,6)24-22;1-15(2)13-6-4-3-5-11(13)12-8-7-10(16)9-14(12)15;1-7(2)11-10-12-8(3,4)9(5,6)13-10/h7-13H,1-6H3;3-9H,1-2H3;7H,1-6H3/i2*1D3;. The van der Waals surface area contributed by atoms with Gasteiger partial charge in [0.25, 0.3) is 0 Å². The molecule has 53 heavy (non-hydrogen) atoms. The third kappa shape index (κ3) is 7.25. The second kappa shape index (κ2) is 13.8. The maximum atomic E-state index is 8.26. The Labute approximate surface area is 336 Å². The normalized spacial score (nSPS) is 26.9. The van der Waals surface area contributed by atoms with Crippen LogP contribution in [0.15, 0.2) is 89.4 Å². The zero-order valence-corrected chi connectivity index (χ0v) is 34.8. The molecule has 0 spiro atoms. The summed E-state index contributed by atoms with van der Waals surface area (Å²) in [6, 6.07) is 27.4. The highest BCUT2D eigenvalue weighted by Gasteiger charge is 2.54. The van der Waals surface area contributed by atoms with Crippen molar-refractivity contribution in [1.29, 1.82) is 0 Å². The molecule has 5 nitrogen and oxygen atoms in total. The molecular weight excluding hydrogens is 722 g/mol. The summed E-state index contributed by atoms with van der Waals surface area (Å²) in [6.45, 7) is 19.4. The summed E-state index contributed by atoms with van der Waals surface area (Å²) in [5.41, 5.74) is 4.85. The van der Waals surface area contributed by atoms with Crippen molar-refractivity contribution in [3.05, 3.63) is 112 Å². The molecule has 0 amide bonds. The Hall–Kier alpha value is -2.71. The van der Waals surface area contributed by atoms with Crippen molar-refractivity contribution in [1.82, 2.24) is 0 Å². The molecule has 2 atom stereocenters. The first-order chi connectivity index (χ1) is 27.0. The lowest BCUT2D eigenvalue weighted by Gasteiger charge is -2.32. The Balaban J connectivity index is 0.000000160. The first-order valence-electron chi connectivity index (χ1n) is 21.5. The molecule has 0 N–H and O–H groups in total. The fourth-order valence-electron chi connectivity index (χ4n) is 7.17. The van der Waals surface area contributed by atoms with Gasteiger partial charge in [-0.2, -0.15) is 0 Å². The number of benzene rings is 4. The molecule has 8 rings (SSSR count). The summed E-state index contributed by atoms with van der Waals surface area (Å²) >= 11 is 3.44. The minimum atomic E-state index is -2.16. The second-order valence-corrected chi connectivity index (χ2v) is 18.1. The molecule has 4 aromatic rings. The molecule has 2 aliphatic carbocycles. The van der Waals surface area contributed by atoms with Crippen molar-refractivity contribution in [3.8, 4) is 22.3 Å². The smallest absolute Gasteiger partial charge is 0.399 e. The molecular formula is C45H57B2BrO5. The van der Waals surface area contributed by atoms with E-state index in [2.05, 4.69) is 15.9 Å². The van der Waals surface area contributed by atoms with E-state index in [4.69, 9.17) is 31.5 Å². The maximum absolute atomic E-state index is 8.26. The Morgan fingerprint density at radius 1 is 0.547 bits per heavy atom. The van der Waals surface area contributed by atoms with Gasteiger partial charge in [0.1, 0.15) is 0 Å². The molecule has 2 unspecified atom stereocenters. The number of hydrogen-bond donors (Lipinski definition) is 0. The van der Waals surface area contributed by atoms with E-state index in [-0.39, 0.29) is 17.3 Å². The predicted octanol–water partition coefficient (Wildman–Crippen LogP) is 11.0. The first kappa shape index (κ1) is 32.5. The van der Waals surface area contributed by atoms with Gasteiger partial charge >= 0.3 is 14.4 Å². The molecule has 0 aromatic heterocycles. The van der Waals surface area contributed by atoms with Crippen molar-refractivity contribution in [2.75, 3.05) is 0 Å². The highest BCUT2D eigenvalue weighted by atomic mass is 79.9. The summed E-state index contributed by atoms with van der Waals surface area (Å²) in [4.78, 5) is 0. The van der Waals surface area contributed by atoms with E-state index in [1.807, 2.05) is 168 Å². The molecule has 2 heterocycles. The summed E-state index contributed by atoms with van der Waals surface area (Å²) in [7, 11) is -1.03. The lowest BCUT2D eigenvalue weighted by molar-refractivity contribution is 0.00578. The Morgan fingerprint density at radius 2 is 0.962 bits per heavy atom. The highest BCUT2D eigenvalue weighted by molar-refractivity contribution is 9.10. The fourth-order valence-corrected chi connectivity index (χ4v) is 7.53. The zero-order valence-electron chi connectivity index (χ0n) is 39.2. The van der Waals surface area contributed by atoms with Crippen molar-refractivity contribution in [2.24, 2.45) is 0 Å². The zero-order chi connectivity index (χ0) is 43.9. The van der Waals surface area contributed by atoms with Gasteiger partial charge in [-0.1, -0.05) is 116 Å². The number of fused-ring (bicyclic) bond motifs is 6. The molecule has 8 heteroatoms. The van der Waals surface area contributed by atoms with Gasteiger partial charge in [0.05, 0.1) is 22.4 Å². The summed E-state index contributed by atoms with van der Waals surface area (Å²) in [6.07, 6.45) is 0.120. The van der Waals surface area contributed by atoms with Crippen LogP contribution in [0.1, 0.15) is 127 Å². The quantitative estimate of drug-likeness (QED) is 0.194. The van der Waals surface area contributed by atoms with Crippen molar-refractivity contribution in [2.45, 2.75) is 136 Å². The second-order valence-electron chi connectivity index (χ2n) is 17.2. The van der Waals surface area contributed by atoms with Gasteiger partial charge in [-0.05, 0) is 131 Å². The van der Waals surface area contributed by atoms with Crippen LogP contribution in [0.25, 0.3) is 22.3 Å². The first-order valence-corrected chi connectivity index (χ1v) is 19.3. The van der Waals surface area contributed by atoms with E-state index >= 15 is 0 Å². The van der Waals surface area contributed by atoms with E-state index < -0.39 is 50.2 Å². The van der Waals surface area contributed by atoms with Crippen LogP contribution >= 0.6 is 15.9 Å². The molecule has 4 aliphatic rings. The average Bonchev–Trinajstić information content (AvgIpc) is 3.70. The summed E-state index contributed by atoms with van der Waals surface area (Å²) in [5, 5.41) is 0. The lowest BCUT2D eigenvalue weighted by Crippen LogP contribution is -2.41. The lowest BCUT2D eigenvalue weighted by atomic mass is 9.74. The van der Waals surface area contributed by atoms with Crippen LogP contribution < -0.4 is 5.46 Å². The van der Waals surface area contributed by atoms with Gasteiger partial charge in [0.15, 0.2) is 0 Å². The van der Waals surface area contributed by atoms with Crippen LogP contribution in [-0.2, 0) is 34.1 Å². The van der Waals surface area contributed by atoms with Gasteiger partial charge in [-0.3, -0.25) is 0 Å². The predicted molar refractivity (Wildman–Crippen MR) is 224 cm³/mol. The Kier molecular flexibility index (Phi) is 8.46. The molecule has 4 aromatic carbocycles. The minimum Gasteiger partial charge on any atom is -0.399 e. The van der Waals surface area contributed by atoms with E-state index in [0.717, 1.165) is 54.4 Å². The Morgan fingerprint density at radius 3 is 1.43 bits per heavy atom. The van der Waals surface area contributed by atoms with Crippen molar-refractivity contribution < 1.29 is 31.5 Å². The van der Waals surface area contributed by atoms with Crippen LogP contribution in [0.5, 0.6) is 0 Å². The number of halogens is 1. The van der Waals surface area contributed by atoms with Crippen LogP contribution in [0.2, 0.25) is 0 Å². The Bertz CT molecular complexity index is 2190. The molecule has 280 valence electrons. The molecule has 2 aliphatic heterocycles. The number of rotatable bonds is 3. The van der Waals surface area contributed by atoms with E-state index in [1.165, 1.54) is 0 Å². The molecule has 2 saturated heterocycles. The van der Waals surface area contributed by atoms with Gasteiger partial charge in [-0.25, -0.2) is 0 Å². The third-order valence-electron chi connectivity index (χ3n) is 11.8. The average molecular weight is 786 g/mol. The number of hydrogen-bond acceptors (Lipinski definition) is 5. The van der Waals surface area contributed by atoms with Gasteiger partial charge < -0.3 is 23.3 Å². The van der Waals surface area contributed by atoms with Crippen molar-refractivity contribution >= 4 is 35.8 Å². The van der Waals surface area contributed by atoms with Crippen LogP contribution in [-0.4, -0.2) is 42.9 Å². The van der Waals surface area contributed by atoms with Gasteiger partial charge in [-0.15, -0.1) is 0 Å². The van der Waals surface area contributed by atoms with Crippen molar-refractivity contribution in [3.63, 3.8) is 0 Å². The topological polar surface area (TPSA) is 46.2 Å². The SMILES string of the molecule is CC(C)OB1OC(C)(C)C(C)(C)O1.[2H]C([2H])([2H])C1(C)c2ccccc2-c2ccc(B3OC(C)(C)C(C)(C)O3)cc21.[2H]C([2H])([2H])C1(C)c2ccccc2-c2ccc(Br)cc21. The summed E-state index contributed by atoms with van der Waals surface area (Å²) < 4.78 is 78.7. The largest absolute Gasteiger partial charge is 0.640 e. The maximum Gasteiger partial charge on any atom is 0.640 e. The molecule has 0 radical (unpaired) electrons. The van der Waals surface area contributed by atoms with E-state index in [0.29, 0.717) is 0 Å². The van der Waals surface area contributed by atoms with Crippen LogP contribution in [0, 0.1) is 0 Å². The third-order valence-corrected chi connectivity index (χ3v) is 12.2. The monoisotopic (exact) mass is 784 g/mol. The fraction of sp³-hybridized carbons (Fsp3) is 0.467. The summed E-state index contributed by atoms with van der Waals surface area (Å²) in [5.74, 6) is 0. The van der Waals surface area contributed by atoms with Gasteiger partial charge in [0.2, 0.25) is 0 Å². The van der Waals surface area contributed by atoms with Crippen LogP contribution in [0.4, 0.5) is 0 Å². The molecule has 2 fully saturated rings. The van der Waals surface area contributed by atoms with E-state index in [1.54, 1.807) is 0 Å². The van der Waals surface area contributed by atoms with E-state index in [9.17, 15) is 0 Å². The minimum absolute atomic E-state index is 0.120. The van der Waals surface area contributed by atoms with Crippen LogP contribution in [0.3, 0.4) is 0 Å². The molecule has 0 bridgehead atoms. The highest BCUT2D eigenvalue weighted by Crippen LogP contribution is 2.50. The van der Waals surface area contributed by atoms with Gasteiger partial charge in [0, 0.05) is 29.6 Å². The molecule has 0 saturated carbocycles.